The highest BCUT2D eigenvalue weighted by Crippen LogP contribution is 2.11. The van der Waals surface area contributed by atoms with Crippen molar-refractivity contribution in [2.45, 2.75) is 115 Å². The number of carbonyl (C=O) groups excluding carboxylic acids is 8. The van der Waals surface area contributed by atoms with E-state index >= 15 is 0 Å². The number of carbonyl (C=O) groups is 10. The average molecular weight is 956 g/mol. The summed E-state index contributed by atoms with van der Waals surface area (Å²) in [5, 5.41) is 46.2. The fourth-order valence-corrected chi connectivity index (χ4v) is 6.96. The number of nitrogens with one attached hydrogen (secondary N) is 7. The van der Waals surface area contributed by atoms with Crippen LogP contribution in [0.5, 0.6) is 0 Å². The second kappa shape index (κ2) is 29.9. The van der Waals surface area contributed by atoms with Gasteiger partial charge >= 0.3 is 11.9 Å². The van der Waals surface area contributed by atoms with E-state index in [1.165, 1.54) is 23.5 Å². The van der Waals surface area contributed by atoms with Gasteiger partial charge in [-0.25, -0.2) is 4.79 Å². The first-order valence-corrected chi connectivity index (χ1v) is 23.6. The number of aliphatic hydroxyl groups excluding tert-OH is 1. The SMILES string of the molecule is CSCC[C@H](NC(=O)[C@H](CCSC)NC(=O)[C@H](CCC(N)=O)NC(=O)[C@H](CO)NC(=O)[C@@H](NC(=O)[C@@H](NC(=O)[C@H](CC(=O)O)NC(=O)[C@@H](N)Cc1ccccc1)C(C)C)C(C)C)C(=O)O. The molecular formula is C41H65N9O13S2. The summed E-state index contributed by atoms with van der Waals surface area (Å²) in [6.45, 7) is 5.21. The van der Waals surface area contributed by atoms with Crippen LogP contribution >= 0.6 is 23.5 Å². The minimum atomic E-state index is -1.73. The summed E-state index contributed by atoms with van der Waals surface area (Å²) in [6.07, 6.45) is 2.14. The highest BCUT2D eigenvalue weighted by molar-refractivity contribution is 7.98. The minimum Gasteiger partial charge on any atom is -0.481 e. The highest BCUT2D eigenvalue weighted by Gasteiger charge is 2.36. The Balaban J connectivity index is 3.21. The first kappa shape index (κ1) is 57.6. The molecular weight excluding hydrogens is 891 g/mol. The van der Waals surface area contributed by atoms with E-state index in [1.807, 2.05) is 0 Å². The molecule has 14 N–H and O–H groups in total. The zero-order valence-corrected chi connectivity index (χ0v) is 39.1. The molecule has 0 aliphatic rings. The van der Waals surface area contributed by atoms with Crippen LogP contribution in [-0.2, 0) is 54.4 Å². The van der Waals surface area contributed by atoms with Crippen molar-refractivity contribution >= 4 is 82.7 Å². The van der Waals surface area contributed by atoms with E-state index in [9.17, 15) is 63.3 Å². The molecule has 0 aromatic heterocycles. The van der Waals surface area contributed by atoms with Crippen molar-refractivity contribution in [2.75, 3.05) is 30.6 Å². The van der Waals surface area contributed by atoms with Gasteiger partial charge in [-0.2, -0.15) is 23.5 Å². The molecule has 0 saturated heterocycles. The first-order valence-electron chi connectivity index (χ1n) is 20.8. The molecule has 24 heteroatoms. The van der Waals surface area contributed by atoms with E-state index in [0.29, 0.717) is 11.5 Å². The molecule has 0 fully saturated rings. The number of carboxylic acids is 2. The van der Waals surface area contributed by atoms with Crippen molar-refractivity contribution in [3.63, 3.8) is 0 Å². The van der Waals surface area contributed by atoms with Gasteiger partial charge in [0.25, 0.3) is 0 Å². The number of benzene rings is 1. The van der Waals surface area contributed by atoms with Crippen LogP contribution in [0.15, 0.2) is 30.3 Å². The summed E-state index contributed by atoms with van der Waals surface area (Å²) >= 11 is 2.72. The van der Waals surface area contributed by atoms with Gasteiger partial charge in [-0.15, -0.1) is 0 Å². The third-order valence-electron chi connectivity index (χ3n) is 9.74. The molecule has 0 spiro atoms. The number of rotatable bonds is 31. The molecule has 1 rings (SSSR count). The van der Waals surface area contributed by atoms with Crippen molar-refractivity contribution in [3.05, 3.63) is 35.9 Å². The number of hydrogen-bond donors (Lipinski definition) is 12. The number of thioether (sulfide) groups is 2. The van der Waals surface area contributed by atoms with Gasteiger partial charge in [0.2, 0.25) is 47.3 Å². The molecule has 8 atom stereocenters. The largest absolute Gasteiger partial charge is 0.481 e. The van der Waals surface area contributed by atoms with Gasteiger partial charge in [0.05, 0.1) is 19.1 Å². The van der Waals surface area contributed by atoms with Crippen LogP contribution in [0.3, 0.4) is 0 Å². The number of aliphatic carboxylic acids is 2. The molecule has 65 heavy (non-hydrogen) atoms. The number of nitrogens with two attached hydrogens (primary N) is 2. The first-order chi connectivity index (χ1) is 30.6. The van der Waals surface area contributed by atoms with E-state index in [1.54, 1.807) is 70.5 Å². The van der Waals surface area contributed by atoms with Crippen LogP contribution in [0.4, 0.5) is 0 Å². The van der Waals surface area contributed by atoms with Gasteiger partial charge in [0, 0.05) is 6.42 Å². The van der Waals surface area contributed by atoms with Crippen LogP contribution in [0.1, 0.15) is 65.4 Å². The Morgan fingerprint density at radius 3 is 1.45 bits per heavy atom. The Labute approximate surface area is 386 Å². The fourth-order valence-electron chi connectivity index (χ4n) is 6.02. The molecule has 364 valence electrons. The van der Waals surface area contributed by atoms with Crippen LogP contribution < -0.4 is 48.7 Å². The van der Waals surface area contributed by atoms with Crippen molar-refractivity contribution in [2.24, 2.45) is 23.3 Å². The number of primary amides is 1. The molecule has 0 aliphatic carbocycles. The molecule has 1 aromatic carbocycles. The van der Waals surface area contributed by atoms with Gasteiger partial charge in [0.1, 0.15) is 42.3 Å². The minimum absolute atomic E-state index is 0.0620. The Bertz CT molecular complexity index is 1790. The number of hydrogen-bond acceptors (Lipinski definition) is 14. The normalized spacial score (nSPS) is 14.8. The highest BCUT2D eigenvalue weighted by atomic mass is 32.2. The lowest BCUT2D eigenvalue weighted by Gasteiger charge is -2.29. The van der Waals surface area contributed by atoms with Crippen LogP contribution in [0, 0.1) is 11.8 Å². The summed E-state index contributed by atoms with van der Waals surface area (Å²) in [7, 11) is 0. The average Bonchev–Trinajstić information content (AvgIpc) is 3.24. The van der Waals surface area contributed by atoms with Crippen LogP contribution in [-0.4, -0.2) is 153 Å². The maximum atomic E-state index is 13.7. The zero-order valence-electron chi connectivity index (χ0n) is 37.4. The van der Waals surface area contributed by atoms with E-state index in [4.69, 9.17) is 11.5 Å². The lowest BCUT2D eigenvalue weighted by atomic mass is 9.98. The summed E-state index contributed by atoms with van der Waals surface area (Å²) in [4.78, 5) is 129. The van der Waals surface area contributed by atoms with Gasteiger partial charge in [-0.05, 0) is 67.1 Å². The van der Waals surface area contributed by atoms with E-state index in [0.717, 1.165) is 5.56 Å². The van der Waals surface area contributed by atoms with Crippen LogP contribution in [0.2, 0.25) is 0 Å². The molecule has 8 amide bonds. The second-order valence-electron chi connectivity index (χ2n) is 15.7. The standard InChI is InChI=1S/C41H65N9O13S2/c1-21(2)32(50-40(61)33(22(3)4)49-37(58)28(19-31(53)54)47-34(55)24(42)18-23-10-8-7-9-11-23)39(60)48-29(20-51)38(59)44-25(12-13-30(43)52)35(56)45-26(14-16-64-5)36(57)46-27(41(62)63)15-17-65-6/h7-11,21-22,24-29,32-33,51H,12-20,42H2,1-6H3,(H2,43,52)(H,44,59)(H,45,56)(H,46,57)(H,47,55)(H,48,60)(H,49,58)(H,50,61)(H,53,54)(H,62,63)/t24-,25-,26-,27-,28-,29-,32-,33-/m0/s1. The third kappa shape index (κ3) is 21.4. The summed E-state index contributed by atoms with van der Waals surface area (Å²) < 4.78 is 0. The Morgan fingerprint density at radius 2 is 0.985 bits per heavy atom. The Kier molecular flexibility index (Phi) is 26.5. The third-order valence-corrected chi connectivity index (χ3v) is 11.0. The van der Waals surface area contributed by atoms with E-state index < -0.39 is 139 Å². The number of amides is 8. The quantitative estimate of drug-likeness (QED) is 0.0369. The molecule has 1 aromatic rings. The molecule has 0 heterocycles. The predicted octanol–water partition coefficient (Wildman–Crippen LogP) is -2.41. The monoisotopic (exact) mass is 955 g/mol. The molecule has 0 unspecified atom stereocenters. The number of aliphatic hydroxyl groups is 1. The summed E-state index contributed by atoms with van der Waals surface area (Å²) in [5.41, 5.74) is 12.1. The molecule has 0 saturated carbocycles. The Morgan fingerprint density at radius 1 is 0.569 bits per heavy atom. The topological polar surface area (TPSA) is 368 Å². The van der Waals surface area contributed by atoms with E-state index in [-0.39, 0.29) is 25.7 Å². The van der Waals surface area contributed by atoms with Crippen molar-refractivity contribution < 1.29 is 63.3 Å². The smallest absolute Gasteiger partial charge is 0.326 e. The molecule has 0 radical (unpaired) electrons. The Hall–Kier alpha value is -5.46. The predicted molar refractivity (Wildman–Crippen MR) is 243 cm³/mol. The van der Waals surface area contributed by atoms with Gasteiger partial charge in [0.15, 0.2) is 0 Å². The molecule has 0 aliphatic heterocycles. The number of carboxylic acid groups (broad SMARTS) is 2. The molecule has 0 bridgehead atoms. The molecule has 22 nitrogen and oxygen atoms in total. The second-order valence-corrected chi connectivity index (χ2v) is 17.7. The van der Waals surface area contributed by atoms with Gasteiger partial charge in [-0.3, -0.25) is 43.2 Å². The van der Waals surface area contributed by atoms with Crippen molar-refractivity contribution in [3.8, 4) is 0 Å². The van der Waals surface area contributed by atoms with Gasteiger partial charge in [-0.1, -0.05) is 58.0 Å². The van der Waals surface area contributed by atoms with Gasteiger partial charge < -0.3 is 64.0 Å². The maximum absolute atomic E-state index is 13.7. The maximum Gasteiger partial charge on any atom is 0.326 e. The van der Waals surface area contributed by atoms with Crippen molar-refractivity contribution in [1.82, 2.24) is 37.2 Å². The van der Waals surface area contributed by atoms with E-state index in [2.05, 4.69) is 37.2 Å². The van der Waals surface area contributed by atoms with Crippen LogP contribution in [0.25, 0.3) is 0 Å². The lowest BCUT2D eigenvalue weighted by molar-refractivity contribution is -0.142. The summed E-state index contributed by atoms with van der Waals surface area (Å²) in [6, 6.07) is -2.61. The fraction of sp³-hybridized carbons (Fsp3) is 0.610. The van der Waals surface area contributed by atoms with Crippen molar-refractivity contribution in [1.29, 1.82) is 0 Å². The lowest BCUT2D eigenvalue weighted by Crippen LogP contribution is -2.62. The zero-order chi connectivity index (χ0) is 49.4. The summed E-state index contributed by atoms with van der Waals surface area (Å²) in [5.74, 6) is -10.6.